The van der Waals surface area contributed by atoms with E-state index in [-0.39, 0.29) is 26.9 Å². The zero-order chi connectivity index (χ0) is 31.6. The minimum Gasteiger partial charge on any atom is -0.325 e. The monoisotopic (exact) mass is 655 g/mol. The van der Waals surface area contributed by atoms with E-state index in [9.17, 15) is 39.2 Å². The Morgan fingerprint density at radius 1 is 0.814 bits per heavy atom. The van der Waals surface area contributed by atoms with Crippen molar-refractivity contribution in [3.8, 4) is 0 Å². The van der Waals surface area contributed by atoms with Crippen molar-refractivity contribution in [2.45, 2.75) is 22.9 Å². The minimum absolute atomic E-state index is 0.109. The van der Waals surface area contributed by atoms with Gasteiger partial charge in [-0.05, 0) is 85.8 Å². The molecule has 4 aromatic carbocycles. The molecule has 0 saturated carbocycles. The van der Waals surface area contributed by atoms with Crippen molar-refractivity contribution in [3.63, 3.8) is 0 Å². The van der Waals surface area contributed by atoms with E-state index in [1.165, 1.54) is 24.3 Å². The van der Waals surface area contributed by atoms with Crippen molar-refractivity contribution in [2.75, 3.05) is 20.9 Å². The van der Waals surface area contributed by atoms with Crippen LogP contribution in [0.4, 0.5) is 34.6 Å². The van der Waals surface area contributed by atoms with Crippen LogP contribution in [0.3, 0.4) is 0 Å². The number of carbonyl (C=O) groups is 1. The van der Waals surface area contributed by atoms with Gasteiger partial charge in [0.2, 0.25) is 5.91 Å². The lowest BCUT2D eigenvalue weighted by molar-refractivity contribution is -0.137. The van der Waals surface area contributed by atoms with Gasteiger partial charge in [-0.1, -0.05) is 29.3 Å². The Balaban J connectivity index is 1.52. The lowest BCUT2D eigenvalue weighted by Gasteiger charge is -2.24. The third kappa shape index (κ3) is 7.63. The van der Waals surface area contributed by atoms with Gasteiger partial charge in [0.05, 0.1) is 26.1 Å². The lowest BCUT2D eigenvalue weighted by atomic mass is 10.2. The first-order chi connectivity index (χ1) is 20.1. The molecule has 0 atom stereocenters. The van der Waals surface area contributed by atoms with E-state index in [0.717, 1.165) is 58.4 Å². The molecule has 0 spiro atoms. The van der Waals surface area contributed by atoms with Crippen LogP contribution < -0.4 is 14.3 Å². The van der Waals surface area contributed by atoms with E-state index in [0.29, 0.717) is 6.07 Å². The van der Waals surface area contributed by atoms with Crippen LogP contribution in [0.2, 0.25) is 5.02 Å². The summed E-state index contributed by atoms with van der Waals surface area (Å²) in [5.74, 6) is -1.42. The Morgan fingerprint density at radius 2 is 1.37 bits per heavy atom. The van der Waals surface area contributed by atoms with Gasteiger partial charge in [-0.25, -0.2) is 21.2 Å². The van der Waals surface area contributed by atoms with Gasteiger partial charge in [-0.15, -0.1) is 0 Å². The maximum absolute atomic E-state index is 13.4. The molecule has 0 aliphatic heterocycles. The van der Waals surface area contributed by atoms with Crippen molar-refractivity contribution in [1.29, 1.82) is 0 Å². The van der Waals surface area contributed by atoms with Crippen LogP contribution in [0.15, 0.2) is 101 Å². The minimum atomic E-state index is -4.80. The fourth-order valence-corrected chi connectivity index (χ4v) is 6.52. The predicted molar refractivity (Wildman–Crippen MR) is 154 cm³/mol. The molecular formula is C28H22ClF4N3O5S2. The lowest BCUT2D eigenvalue weighted by Crippen LogP contribution is -2.38. The van der Waals surface area contributed by atoms with Gasteiger partial charge >= 0.3 is 6.18 Å². The van der Waals surface area contributed by atoms with E-state index in [1.54, 1.807) is 19.1 Å². The standard InChI is InChI=1S/C28H22ClF4N3O5S2/c1-18-2-9-22(10-3-18)36(43(40,41)24-11-4-19(30)5-12-24)17-27(37)34-20-6-13-23(14-7-20)42(38,39)35-21-8-15-26(29)25(16-21)28(31,32)33/h2-16,35H,17H2,1H3,(H,34,37). The Morgan fingerprint density at radius 3 is 1.95 bits per heavy atom. The number of sulfonamides is 2. The highest BCUT2D eigenvalue weighted by Gasteiger charge is 2.34. The van der Waals surface area contributed by atoms with Gasteiger partial charge in [0, 0.05) is 11.4 Å². The van der Waals surface area contributed by atoms with Gasteiger partial charge in [-0.3, -0.25) is 13.8 Å². The molecule has 15 heteroatoms. The SMILES string of the molecule is Cc1ccc(N(CC(=O)Nc2ccc(S(=O)(=O)Nc3ccc(Cl)c(C(F)(F)F)c3)cc2)S(=O)(=O)c2ccc(F)cc2)cc1. The number of nitrogens with zero attached hydrogens (tertiary/aromatic N) is 1. The fraction of sp³-hybridized carbons (Fsp3) is 0.107. The smallest absolute Gasteiger partial charge is 0.325 e. The third-order valence-electron chi connectivity index (χ3n) is 5.98. The molecule has 0 radical (unpaired) electrons. The quantitative estimate of drug-likeness (QED) is 0.202. The molecule has 0 fully saturated rings. The molecule has 0 heterocycles. The second kappa shape index (κ2) is 12.2. The van der Waals surface area contributed by atoms with Gasteiger partial charge < -0.3 is 5.32 Å². The number of carbonyl (C=O) groups excluding carboxylic acids is 1. The summed E-state index contributed by atoms with van der Waals surface area (Å²) >= 11 is 5.58. The van der Waals surface area contributed by atoms with Crippen LogP contribution >= 0.6 is 11.6 Å². The number of hydrogen-bond donors (Lipinski definition) is 2. The maximum Gasteiger partial charge on any atom is 0.417 e. The molecule has 0 bridgehead atoms. The van der Waals surface area contributed by atoms with E-state index in [2.05, 4.69) is 5.32 Å². The first kappa shape index (κ1) is 31.8. The summed E-state index contributed by atoms with van der Waals surface area (Å²) in [6, 6.07) is 17.6. The summed E-state index contributed by atoms with van der Waals surface area (Å²) in [6.45, 7) is 1.12. The number of hydrogen-bond acceptors (Lipinski definition) is 5. The molecule has 0 aliphatic carbocycles. The number of anilines is 3. The molecular weight excluding hydrogens is 634 g/mol. The number of benzene rings is 4. The molecule has 43 heavy (non-hydrogen) atoms. The van der Waals surface area contributed by atoms with E-state index >= 15 is 0 Å². The molecule has 1 amide bonds. The highest BCUT2D eigenvalue weighted by Crippen LogP contribution is 2.36. The zero-order valence-corrected chi connectivity index (χ0v) is 24.5. The second-order valence-electron chi connectivity index (χ2n) is 9.17. The molecule has 0 aromatic heterocycles. The van der Waals surface area contributed by atoms with E-state index < -0.39 is 55.1 Å². The van der Waals surface area contributed by atoms with Crippen molar-refractivity contribution < 1.29 is 39.2 Å². The van der Waals surface area contributed by atoms with Crippen LogP contribution in [0.25, 0.3) is 0 Å². The number of halogens is 5. The average molecular weight is 656 g/mol. The van der Waals surface area contributed by atoms with E-state index in [4.69, 9.17) is 11.6 Å². The number of amides is 1. The normalized spacial score (nSPS) is 12.0. The Labute approximate surface area is 250 Å². The fourth-order valence-electron chi connectivity index (χ4n) is 3.83. The van der Waals surface area contributed by atoms with Crippen LogP contribution in [0.1, 0.15) is 11.1 Å². The Bertz CT molecular complexity index is 1850. The molecule has 4 aromatic rings. The number of alkyl halides is 3. The molecule has 8 nitrogen and oxygen atoms in total. The number of nitrogens with one attached hydrogen (secondary N) is 2. The largest absolute Gasteiger partial charge is 0.417 e. The second-order valence-corrected chi connectivity index (χ2v) is 13.1. The summed E-state index contributed by atoms with van der Waals surface area (Å²) in [5.41, 5.74) is -0.457. The maximum atomic E-state index is 13.4. The first-order valence-corrected chi connectivity index (χ1v) is 15.5. The summed E-state index contributed by atoms with van der Waals surface area (Å²) in [5, 5.41) is 1.89. The summed E-state index contributed by atoms with van der Waals surface area (Å²) in [7, 11) is -8.64. The van der Waals surface area contributed by atoms with Crippen molar-refractivity contribution in [2.24, 2.45) is 0 Å². The molecule has 0 aliphatic rings. The summed E-state index contributed by atoms with van der Waals surface area (Å²) in [4.78, 5) is 12.4. The number of aryl methyl sites for hydroxylation is 1. The zero-order valence-electron chi connectivity index (χ0n) is 22.1. The van der Waals surface area contributed by atoms with Crippen molar-refractivity contribution >= 4 is 54.6 Å². The highest BCUT2D eigenvalue weighted by molar-refractivity contribution is 7.93. The molecule has 226 valence electrons. The first-order valence-electron chi connectivity index (χ1n) is 12.2. The summed E-state index contributed by atoms with van der Waals surface area (Å²) in [6.07, 6.45) is -4.80. The van der Waals surface area contributed by atoms with Gasteiger partial charge in [0.15, 0.2) is 0 Å². The Kier molecular flexibility index (Phi) is 9.04. The average Bonchev–Trinajstić information content (AvgIpc) is 2.93. The van der Waals surface area contributed by atoms with Crippen LogP contribution in [0.5, 0.6) is 0 Å². The molecule has 0 unspecified atom stereocenters. The Hall–Kier alpha value is -4.14. The van der Waals surface area contributed by atoms with Crippen LogP contribution in [-0.4, -0.2) is 29.3 Å². The predicted octanol–water partition coefficient (Wildman–Crippen LogP) is 6.44. The highest BCUT2D eigenvalue weighted by atomic mass is 35.5. The molecule has 2 N–H and O–H groups in total. The molecule has 0 saturated heterocycles. The molecule has 4 rings (SSSR count). The van der Waals surface area contributed by atoms with Gasteiger partial charge in [0.25, 0.3) is 20.0 Å². The van der Waals surface area contributed by atoms with Gasteiger partial charge in [0.1, 0.15) is 12.4 Å². The van der Waals surface area contributed by atoms with Crippen molar-refractivity contribution in [1.82, 2.24) is 0 Å². The van der Waals surface area contributed by atoms with E-state index in [1.807, 2.05) is 4.72 Å². The summed E-state index contributed by atoms with van der Waals surface area (Å²) < 4.78 is 108. The third-order valence-corrected chi connectivity index (χ3v) is 9.50. The topological polar surface area (TPSA) is 113 Å². The number of rotatable bonds is 9. The van der Waals surface area contributed by atoms with Crippen molar-refractivity contribution in [3.05, 3.63) is 113 Å². The van der Waals surface area contributed by atoms with Crippen LogP contribution in [0, 0.1) is 12.7 Å². The van der Waals surface area contributed by atoms with Crippen LogP contribution in [-0.2, 0) is 31.0 Å². The van der Waals surface area contributed by atoms with Gasteiger partial charge in [-0.2, -0.15) is 13.2 Å².